The molecule has 3 rings (SSSR count). The van der Waals surface area contributed by atoms with Crippen molar-refractivity contribution in [2.75, 3.05) is 13.2 Å². The first-order chi connectivity index (χ1) is 12.3. The summed E-state index contributed by atoms with van der Waals surface area (Å²) in [6.07, 6.45) is -0.0999. The zero-order valence-corrected chi connectivity index (χ0v) is 16.1. The van der Waals surface area contributed by atoms with Crippen LogP contribution in [0.2, 0.25) is 0 Å². The van der Waals surface area contributed by atoms with Crippen LogP contribution in [0, 0.1) is 5.92 Å². The summed E-state index contributed by atoms with van der Waals surface area (Å²) in [5.74, 6) is 1.04. The minimum Gasteiger partial charge on any atom is -0.485 e. The molecule has 0 saturated carbocycles. The van der Waals surface area contributed by atoms with E-state index in [0.717, 1.165) is 16.9 Å². The first-order valence-electron chi connectivity index (χ1n) is 9.34. The lowest BCUT2D eigenvalue weighted by Crippen LogP contribution is -2.30. The Balaban J connectivity index is 0.000000730. The molecule has 0 amide bonds. The molecule has 3 nitrogen and oxygen atoms in total. The summed E-state index contributed by atoms with van der Waals surface area (Å²) < 4.78 is 12.1. The zero-order valence-electron chi connectivity index (χ0n) is 16.1. The van der Waals surface area contributed by atoms with E-state index in [9.17, 15) is 0 Å². The van der Waals surface area contributed by atoms with Gasteiger partial charge in [-0.25, -0.2) is 0 Å². The van der Waals surface area contributed by atoms with E-state index in [-0.39, 0.29) is 24.7 Å². The van der Waals surface area contributed by atoms with Gasteiger partial charge in [-0.1, -0.05) is 83.1 Å². The first kappa shape index (κ1) is 21.2. The molecule has 0 aliphatic carbocycles. The fraction of sp³-hybridized carbons (Fsp3) is 0.455. The molecular formula is C22H32O3. The summed E-state index contributed by atoms with van der Waals surface area (Å²) in [6, 6.07) is 18.2. The average molecular weight is 344 g/mol. The van der Waals surface area contributed by atoms with Gasteiger partial charge in [-0.15, -0.1) is 0 Å². The molecule has 0 spiro atoms. The molecule has 1 aliphatic heterocycles. The highest BCUT2D eigenvalue weighted by molar-refractivity contribution is 5.39. The second-order valence-electron chi connectivity index (χ2n) is 5.36. The topological polar surface area (TPSA) is 38.7 Å². The molecule has 2 aromatic carbocycles. The van der Waals surface area contributed by atoms with Gasteiger partial charge in [0, 0.05) is 11.5 Å². The molecule has 0 aromatic heterocycles. The van der Waals surface area contributed by atoms with Gasteiger partial charge in [-0.3, -0.25) is 0 Å². The highest BCUT2D eigenvalue weighted by Crippen LogP contribution is 2.46. The van der Waals surface area contributed by atoms with Crippen molar-refractivity contribution in [1.82, 2.24) is 0 Å². The number of ether oxygens (including phenoxy) is 2. The highest BCUT2D eigenvalue weighted by Gasteiger charge is 2.36. The Labute approximate surface area is 152 Å². The van der Waals surface area contributed by atoms with E-state index in [2.05, 4.69) is 19.1 Å². The van der Waals surface area contributed by atoms with Gasteiger partial charge in [0.2, 0.25) is 0 Å². The van der Waals surface area contributed by atoms with Gasteiger partial charge in [0.25, 0.3) is 0 Å². The van der Waals surface area contributed by atoms with Crippen LogP contribution in [0.25, 0.3) is 0 Å². The molecule has 1 aliphatic rings. The van der Waals surface area contributed by atoms with Crippen LogP contribution in [0.5, 0.6) is 5.75 Å². The van der Waals surface area contributed by atoms with E-state index < -0.39 is 0 Å². The summed E-state index contributed by atoms with van der Waals surface area (Å²) in [4.78, 5) is 0. The van der Waals surface area contributed by atoms with Gasteiger partial charge in [-0.05, 0) is 11.6 Å². The molecule has 1 N–H and O–H groups in total. The van der Waals surface area contributed by atoms with Crippen LogP contribution >= 0.6 is 0 Å². The monoisotopic (exact) mass is 344 g/mol. The number of rotatable bonds is 4. The summed E-state index contributed by atoms with van der Waals surface area (Å²) in [5, 5.41) is 9.06. The van der Waals surface area contributed by atoms with Gasteiger partial charge >= 0.3 is 0 Å². The third kappa shape index (κ3) is 5.32. The van der Waals surface area contributed by atoms with Crippen LogP contribution in [-0.4, -0.2) is 18.3 Å². The van der Waals surface area contributed by atoms with Gasteiger partial charge < -0.3 is 14.6 Å². The molecule has 0 bridgehead atoms. The maximum absolute atomic E-state index is 9.06. The number of hydrogen-bond acceptors (Lipinski definition) is 3. The van der Waals surface area contributed by atoms with Crippen molar-refractivity contribution in [3.63, 3.8) is 0 Å². The zero-order chi connectivity index (χ0) is 18.7. The molecule has 2 aromatic rings. The maximum atomic E-state index is 9.06. The van der Waals surface area contributed by atoms with E-state index in [1.54, 1.807) is 0 Å². The molecule has 3 unspecified atom stereocenters. The number of para-hydroxylation sites is 1. The van der Waals surface area contributed by atoms with Gasteiger partial charge in [-0.2, -0.15) is 0 Å². The summed E-state index contributed by atoms with van der Waals surface area (Å²) >= 11 is 0. The lowest BCUT2D eigenvalue weighted by atomic mass is 9.85. The normalized spacial score (nSPS) is 20.8. The van der Waals surface area contributed by atoms with Crippen molar-refractivity contribution in [2.45, 2.75) is 46.8 Å². The average Bonchev–Trinajstić information content (AvgIpc) is 2.70. The molecular weight excluding hydrogens is 312 g/mol. The molecule has 0 radical (unpaired) electrons. The second-order valence-corrected chi connectivity index (χ2v) is 5.36. The fourth-order valence-corrected chi connectivity index (χ4v) is 2.94. The molecule has 0 fully saturated rings. The minimum absolute atomic E-state index is 0.0300. The van der Waals surface area contributed by atoms with E-state index >= 15 is 0 Å². The smallest absolute Gasteiger partial charge is 0.129 e. The summed E-state index contributed by atoms with van der Waals surface area (Å²) in [7, 11) is 0. The van der Waals surface area contributed by atoms with Crippen LogP contribution in [0.1, 0.15) is 58.0 Å². The van der Waals surface area contributed by atoms with Crippen molar-refractivity contribution in [2.24, 2.45) is 5.92 Å². The quantitative estimate of drug-likeness (QED) is 0.789. The number of fused-ring (bicyclic) bond motifs is 1. The van der Waals surface area contributed by atoms with Crippen molar-refractivity contribution >= 4 is 0 Å². The van der Waals surface area contributed by atoms with E-state index in [1.807, 2.05) is 70.2 Å². The molecule has 138 valence electrons. The van der Waals surface area contributed by atoms with Crippen LogP contribution in [0.3, 0.4) is 0 Å². The summed E-state index contributed by atoms with van der Waals surface area (Å²) in [6.45, 7) is 10.5. The predicted octanol–water partition coefficient (Wildman–Crippen LogP) is 5.56. The van der Waals surface area contributed by atoms with E-state index in [0.29, 0.717) is 6.61 Å². The predicted molar refractivity (Wildman–Crippen MR) is 104 cm³/mol. The Morgan fingerprint density at radius 1 is 0.920 bits per heavy atom. The van der Waals surface area contributed by atoms with Crippen molar-refractivity contribution in [3.8, 4) is 5.75 Å². The molecule has 25 heavy (non-hydrogen) atoms. The second kappa shape index (κ2) is 11.7. The fourth-order valence-electron chi connectivity index (χ4n) is 2.94. The van der Waals surface area contributed by atoms with Crippen LogP contribution in [-0.2, 0) is 4.74 Å². The Hall–Kier alpha value is -1.84. The van der Waals surface area contributed by atoms with Crippen LogP contribution in [0.15, 0.2) is 54.6 Å². The largest absolute Gasteiger partial charge is 0.485 e. The number of hydrogen-bond donors (Lipinski definition) is 1. The third-order valence-corrected chi connectivity index (χ3v) is 3.95. The molecule has 0 saturated heterocycles. The van der Waals surface area contributed by atoms with Crippen molar-refractivity contribution < 1.29 is 14.6 Å². The van der Waals surface area contributed by atoms with Crippen LogP contribution < -0.4 is 4.74 Å². The number of benzene rings is 2. The van der Waals surface area contributed by atoms with E-state index in [4.69, 9.17) is 14.6 Å². The van der Waals surface area contributed by atoms with Gasteiger partial charge in [0.1, 0.15) is 11.9 Å². The SMILES string of the molecule is CC.CC.CC1C(c2ccccc2)Oc2ccccc2C1OCCO. The first-order valence-corrected chi connectivity index (χ1v) is 9.34. The molecule has 3 atom stereocenters. The number of aliphatic hydroxyl groups excluding tert-OH is 1. The Kier molecular flexibility index (Phi) is 9.90. The molecule has 1 heterocycles. The maximum Gasteiger partial charge on any atom is 0.129 e. The molecule has 3 heteroatoms. The number of aliphatic hydroxyl groups is 1. The van der Waals surface area contributed by atoms with Gasteiger partial charge in [0.05, 0.1) is 19.3 Å². The minimum atomic E-state index is -0.0627. The standard InChI is InChI=1S/C18H20O3.2C2H6/c1-13-17(14-7-3-2-4-8-14)21-16-10-6-5-9-15(16)18(13)20-12-11-19;2*1-2/h2-10,13,17-19H,11-12H2,1H3;2*1-2H3. The highest BCUT2D eigenvalue weighted by atomic mass is 16.5. The Morgan fingerprint density at radius 3 is 2.16 bits per heavy atom. The Bertz CT molecular complexity index is 583. The van der Waals surface area contributed by atoms with Crippen LogP contribution in [0.4, 0.5) is 0 Å². The van der Waals surface area contributed by atoms with Crippen molar-refractivity contribution in [3.05, 3.63) is 65.7 Å². The van der Waals surface area contributed by atoms with Crippen molar-refractivity contribution in [1.29, 1.82) is 0 Å². The lowest BCUT2D eigenvalue weighted by molar-refractivity contribution is -0.0536. The lowest BCUT2D eigenvalue weighted by Gasteiger charge is -2.38. The Morgan fingerprint density at radius 2 is 1.52 bits per heavy atom. The van der Waals surface area contributed by atoms with Gasteiger partial charge in [0.15, 0.2) is 0 Å². The third-order valence-electron chi connectivity index (χ3n) is 3.95. The van der Waals surface area contributed by atoms with E-state index in [1.165, 1.54) is 0 Å². The summed E-state index contributed by atoms with van der Waals surface area (Å²) in [5.41, 5.74) is 2.21.